The molecule has 0 aliphatic carbocycles. The summed E-state index contributed by atoms with van der Waals surface area (Å²) in [5.41, 5.74) is 20.3. The molecule has 8 heteroatoms. The SMILES string of the molecule is C=C.C=C(NCC(CCCCN)C(=C)N1CCC(N2CCCC2)CC1)C(Cc1ccccc1)NC.C=CCN.C=CN.CC#N.CC(C)C.Cc1ccccc1. The lowest BCUT2D eigenvalue weighted by atomic mass is 9.94. The predicted molar refractivity (Wildman–Crippen MR) is 249 cm³/mol. The number of nitrogens with two attached hydrogens (primary N) is 3. The molecule has 2 fully saturated rings. The van der Waals surface area contributed by atoms with E-state index in [4.69, 9.17) is 16.7 Å². The van der Waals surface area contributed by atoms with E-state index >= 15 is 0 Å². The fraction of sp³-hybridized carbons (Fsp3) is 0.521. The number of aryl methyl sites for hydroxylation is 1. The van der Waals surface area contributed by atoms with Crippen LogP contribution in [0, 0.1) is 30.1 Å². The number of nitriles is 1. The van der Waals surface area contributed by atoms with Crippen molar-refractivity contribution in [3.05, 3.63) is 135 Å². The lowest BCUT2D eigenvalue weighted by Gasteiger charge is -2.40. The molecule has 2 saturated heterocycles. The minimum atomic E-state index is 0.210. The van der Waals surface area contributed by atoms with E-state index in [1.165, 1.54) is 68.7 Å². The smallest absolute Gasteiger partial charge is 0.0587 e. The molecule has 2 heterocycles. The number of nitrogens with zero attached hydrogens (tertiary/aromatic N) is 3. The predicted octanol–water partition coefficient (Wildman–Crippen LogP) is 8.95. The van der Waals surface area contributed by atoms with Crippen molar-refractivity contribution in [2.45, 2.75) is 98.1 Å². The Labute approximate surface area is 345 Å². The Bertz CT molecular complexity index is 1220. The molecule has 2 aliphatic heterocycles. The lowest BCUT2D eigenvalue weighted by molar-refractivity contribution is 0.139. The van der Waals surface area contributed by atoms with Crippen LogP contribution in [0.2, 0.25) is 0 Å². The number of nitrogens with one attached hydrogen (secondary N) is 2. The highest BCUT2D eigenvalue weighted by molar-refractivity contribution is 5.19. The Morgan fingerprint density at radius 1 is 0.911 bits per heavy atom. The zero-order valence-electron chi connectivity index (χ0n) is 36.7. The highest BCUT2D eigenvalue weighted by atomic mass is 15.2. The Balaban J connectivity index is -0.000000993. The molecule has 0 amide bonds. The zero-order valence-corrected chi connectivity index (χ0v) is 36.7. The van der Waals surface area contributed by atoms with Crippen LogP contribution >= 0.6 is 0 Å². The van der Waals surface area contributed by atoms with Gasteiger partial charge in [-0.1, -0.05) is 119 Å². The normalized spacial score (nSPS) is 14.0. The molecule has 0 spiro atoms. The van der Waals surface area contributed by atoms with Crippen LogP contribution in [0.3, 0.4) is 0 Å². The van der Waals surface area contributed by atoms with Gasteiger partial charge in [-0.05, 0) is 96.2 Å². The molecule has 0 aromatic heterocycles. The van der Waals surface area contributed by atoms with Crippen molar-refractivity contribution < 1.29 is 0 Å². The zero-order chi connectivity index (χ0) is 43.0. The van der Waals surface area contributed by atoms with Crippen LogP contribution in [0.4, 0.5) is 0 Å². The van der Waals surface area contributed by atoms with Crippen molar-refractivity contribution in [1.29, 1.82) is 5.26 Å². The third kappa shape index (κ3) is 31.1. The van der Waals surface area contributed by atoms with Gasteiger partial charge in [0.2, 0.25) is 0 Å². The molecule has 2 aromatic rings. The first-order chi connectivity index (χ1) is 27.0. The number of hydrogen-bond donors (Lipinski definition) is 5. The maximum Gasteiger partial charge on any atom is 0.0587 e. The molecule has 0 radical (unpaired) electrons. The average molecular weight is 773 g/mol. The van der Waals surface area contributed by atoms with Crippen LogP contribution in [0.15, 0.2) is 124 Å². The Kier molecular flexibility index (Phi) is 40.7. The molecule has 0 saturated carbocycles. The Morgan fingerprint density at radius 2 is 1.38 bits per heavy atom. The van der Waals surface area contributed by atoms with Gasteiger partial charge in [-0.3, -0.25) is 0 Å². The van der Waals surface area contributed by atoms with Crippen LogP contribution < -0.4 is 27.8 Å². The van der Waals surface area contributed by atoms with Gasteiger partial charge in [0.05, 0.1) is 12.1 Å². The van der Waals surface area contributed by atoms with Crippen LogP contribution in [-0.4, -0.2) is 74.7 Å². The molecular formula is C48H84N8. The van der Waals surface area contributed by atoms with E-state index in [2.05, 4.69) is 136 Å². The third-order valence-corrected chi connectivity index (χ3v) is 8.74. The average Bonchev–Trinajstić information content (AvgIpc) is 3.76. The quantitative estimate of drug-likeness (QED) is 0.0896. The number of piperidine rings is 1. The standard InChI is InChI=1S/C28H47N5.C7H8.C4H10.C3H7N.C2H5N.C2H3N.C2H4/c1-23(28(30-3)21-25-11-5-4-6-12-25)31-22-26(13-7-8-16-29)24(2)32-19-14-27(15-20-32)33-17-9-10-18-33;1-7-5-3-2-4-6-7;1-4(2)3;1-2-3-4;2*1-2-3;1-2/h4-6,11-12,26-28,30-31H,1-2,7-10,13-22,29H2,3H3;2-6H,1H3;4H,1-3H3;2H,1,3-4H2;2H,1,3H2;1H3;1-2H2. The number of unbranched alkanes of at least 4 members (excludes halogenated alkanes) is 1. The summed E-state index contributed by atoms with van der Waals surface area (Å²) in [4.78, 5) is 5.28. The number of likely N-dealkylation sites (tertiary alicyclic amines) is 2. The summed E-state index contributed by atoms with van der Waals surface area (Å²) >= 11 is 0. The molecule has 56 heavy (non-hydrogen) atoms. The minimum absolute atomic E-state index is 0.210. The number of benzene rings is 2. The van der Waals surface area contributed by atoms with Crippen molar-refractivity contribution in [2.75, 3.05) is 52.9 Å². The van der Waals surface area contributed by atoms with Crippen LogP contribution in [-0.2, 0) is 6.42 Å². The van der Waals surface area contributed by atoms with E-state index in [1.54, 1.807) is 12.1 Å². The van der Waals surface area contributed by atoms with Gasteiger partial charge in [0, 0.05) is 56.5 Å². The molecule has 316 valence electrons. The summed E-state index contributed by atoms with van der Waals surface area (Å²) in [6.45, 7) is 38.6. The van der Waals surface area contributed by atoms with Crippen molar-refractivity contribution in [3.8, 4) is 6.07 Å². The summed E-state index contributed by atoms with van der Waals surface area (Å²) in [6.07, 6.45) is 12.5. The fourth-order valence-electron chi connectivity index (χ4n) is 5.97. The van der Waals surface area contributed by atoms with E-state index in [1.807, 2.05) is 25.2 Å². The summed E-state index contributed by atoms with van der Waals surface area (Å²) in [5.74, 6) is 1.26. The maximum atomic E-state index is 7.32. The van der Waals surface area contributed by atoms with Gasteiger partial charge < -0.3 is 37.6 Å². The number of rotatable bonds is 15. The molecule has 2 aromatic carbocycles. The first-order valence-electron chi connectivity index (χ1n) is 20.5. The maximum absolute atomic E-state index is 7.32. The first-order valence-corrected chi connectivity index (χ1v) is 20.5. The molecule has 8 N–H and O–H groups in total. The highest BCUT2D eigenvalue weighted by Crippen LogP contribution is 2.27. The molecule has 0 bridgehead atoms. The molecule has 2 aliphatic rings. The van der Waals surface area contributed by atoms with Gasteiger partial charge in [0.25, 0.3) is 0 Å². The monoisotopic (exact) mass is 773 g/mol. The molecule has 4 rings (SSSR count). The van der Waals surface area contributed by atoms with Gasteiger partial charge in [0.1, 0.15) is 0 Å². The second-order valence-corrected chi connectivity index (χ2v) is 14.2. The fourth-order valence-corrected chi connectivity index (χ4v) is 5.97. The van der Waals surface area contributed by atoms with Crippen molar-refractivity contribution in [3.63, 3.8) is 0 Å². The van der Waals surface area contributed by atoms with E-state index in [0.717, 1.165) is 69.5 Å². The van der Waals surface area contributed by atoms with E-state index in [9.17, 15) is 0 Å². The molecular weight excluding hydrogens is 689 g/mol. The molecule has 2 atom stereocenters. The Morgan fingerprint density at radius 3 is 1.77 bits per heavy atom. The first kappa shape index (κ1) is 56.2. The third-order valence-electron chi connectivity index (χ3n) is 8.74. The Hall–Kier alpha value is -4.13. The second kappa shape index (κ2) is 40.5. The summed E-state index contributed by atoms with van der Waals surface area (Å²) in [7, 11) is 2.02. The largest absolute Gasteiger partial charge is 0.405 e. The number of likely N-dealkylation sites (N-methyl/N-ethyl adjacent to an activating group) is 1. The van der Waals surface area contributed by atoms with Crippen LogP contribution in [0.5, 0.6) is 0 Å². The van der Waals surface area contributed by atoms with Gasteiger partial charge in [-0.2, -0.15) is 5.26 Å². The van der Waals surface area contributed by atoms with E-state index in [-0.39, 0.29) is 6.04 Å². The van der Waals surface area contributed by atoms with Crippen LogP contribution in [0.1, 0.15) is 83.8 Å². The number of hydrogen-bond acceptors (Lipinski definition) is 8. The van der Waals surface area contributed by atoms with Gasteiger partial charge in [0.15, 0.2) is 0 Å². The van der Waals surface area contributed by atoms with Crippen molar-refractivity contribution in [2.24, 2.45) is 29.0 Å². The topological polar surface area (TPSA) is 132 Å². The van der Waals surface area contributed by atoms with E-state index < -0.39 is 0 Å². The summed E-state index contributed by atoms with van der Waals surface area (Å²) in [6, 6.07) is 23.6. The minimum Gasteiger partial charge on any atom is -0.405 e. The second-order valence-electron chi connectivity index (χ2n) is 14.2. The summed E-state index contributed by atoms with van der Waals surface area (Å²) in [5, 5.41) is 14.4. The van der Waals surface area contributed by atoms with Crippen molar-refractivity contribution >= 4 is 0 Å². The molecule has 2 unspecified atom stereocenters. The summed E-state index contributed by atoms with van der Waals surface area (Å²) < 4.78 is 0. The highest BCUT2D eigenvalue weighted by Gasteiger charge is 2.28. The van der Waals surface area contributed by atoms with Gasteiger partial charge in [-0.15, -0.1) is 19.7 Å². The van der Waals surface area contributed by atoms with Crippen molar-refractivity contribution in [1.82, 2.24) is 20.4 Å². The van der Waals surface area contributed by atoms with E-state index in [0.29, 0.717) is 12.5 Å². The lowest BCUT2D eigenvalue weighted by Crippen LogP contribution is -2.45. The molecule has 8 nitrogen and oxygen atoms in total. The van der Waals surface area contributed by atoms with Gasteiger partial charge >= 0.3 is 0 Å². The van der Waals surface area contributed by atoms with Crippen LogP contribution in [0.25, 0.3) is 0 Å². The van der Waals surface area contributed by atoms with Gasteiger partial charge in [-0.25, -0.2) is 0 Å².